The molecule has 1 aromatic carbocycles. The molecule has 0 bridgehead atoms. The summed E-state index contributed by atoms with van der Waals surface area (Å²) < 4.78 is 0. The summed E-state index contributed by atoms with van der Waals surface area (Å²) in [5.41, 5.74) is 8.35. The molecule has 1 saturated heterocycles. The molecule has 1 aromatic rings. The van der Waals surface area contributed by atoms with E-state index in [4.69, 9.17) is 17.1 Å². The van der Waals surface area contributed by atoms with Gasteiger partial charge < -0.3 is 0 Å². The molecule has 1 aliphatic rings. The average Bonchev–Trinajstić information content (AvgIpc) is 2.28. The number of anilines is 1. The molecule has 0 N–H and O–H groups in total. The number of amides is 1. The number of β-lactam (4-membered cyclic amide) rings is 1. The highest BCUT2D eigenvalue weighted by molar-refractivity contribution is 6.31. The Morgan fingerprint density at radius 3 is 2.60 bits per heavy atom. The van der Waals surface area contributed by atoms with Gasteiger partial charge in [-0.15, -0.1) is 0 Å². The van der Waals surface area contributed by atoms with Gasteiger partial charge in [0.15, 0.2) is 6.04 Å². The maximum atomic E-state index is 11.5. The van der Waals surface area contributed by atoms with Crippen molar-refractivity contribution in [3.05, 3.63) is 40.8 Å². The summed E-state index contributed by atoms with van der Waals surface area (Å²) in [7, 11) is 0. The Kier molecular flexibility index (Phi) is 2.49. The van der Waals surface area contributed by atoms with Crippen molar-refractivity contribution in [2.24, 2.45) is 5.11 Å². The lowest BCUT2D eigenvalue weighted by Crippen LogP contribution is -2.61. The minimum atomic E-state index is -0.781. The van der Waals surface area contributed by atoms with Gasteiger partial charge >= 0.3 is 0 Å². The van der Waals surface area contributed by atoms with E-state index in [9.17, 15) is 4.79 Å². The minimum Gasteiger partial charge on any atom is -0.294 e. The first-order valence-corrected chi connectivity index (χ1v) is 4.76. The van der Waals surface area contributed by atoms with Gasteiger partial charge in [-0.1, -0.05) is 34.9 Å². The van der Waals surface area contributed by atoms with Crippen LogP contribution < -0.4 is 4.90 Å². The van der Waals surface area contributed by atoms with Crippen molar-refractivity contribution < 1.29 is 4.79 Å². The van der Waals surface area contributed by atoms with Gasteiger partial charge in [0.2, 0.25) is 5.91 Å². The third kappa shape index (κ3) is 1.52. The molecule has 0 aliphatic carbocycles. The van der Waals surface area contributed by atoms with Crippen molar-refractivity contribution in [3.8, 4) is 0 Å². The summed E-state index contributed by atoms with van der Waals surface area (Å²) in [6.45, 7) is 0. The van der Waals surface area contributed by atoms with E-state index in [1.54, 1.807) is 12.1 Å². The highest BCUT2D eigenvalue weighted by atomic mass is 35.5. The zero-order valence-corrected chi connectivity index (χ0v) is 8.37. The third-order valence-corrected chi connectivity index (χ3v) is 2.64. The molecular formula is C9H7ClN4O. The van der Waals surface area contributed by atoms with E-state index in [2.05, 4.69) is 10.0 Å². The van der Waals surface area contributed by atoms with Crippen LogP contribution in [0.15, 0.2) is 35.4 Å². The van der Waals surface area contributed by atoms with Gasteiger partial charge in [0, 0.05) is 10.6 Å². The van der Waals surface area contributed by atoms with Crippen LogP contribution in [0, 0.1) is 0 Å². The summed E-state index contributed by atoms with van der Waals surface area (Å²) in [4.78, 5) is 15.5. The molecule has 2 rings (SSSR count). The molecule has 0 radical (unpaired) electrons. The van der Waals surface area contributed by atoms with Crippen LogP contribution in [0.5, 0.6) is 0 Å². The summed E-state index contributed by atoms with van der Waals surface area (Å²) in [5, 5.41) is 3.33. The second-order valence-electron chi connectivity index (χ2n) is 3.07. The number of alkyl halides is 1. The Hall–Kier alpha value is -1.71. The highest BCUT2D eigenvalue weighted by Crippen LogP contribution is 2.32. The summed E-state index contributed by atoms with van der Waals surface area (Å²) in [6, 6.07) is 8.25. The predicted molar refractivity (Wildman–Crippen MR) is 56.5 cm³/mol. The number of azide groups is 1. The minimum absolute atomic E-state index is 0.265. The quantitative estimate of drug-likeness (QED) is 0.189. The number of hydrogen-bond donors (Lipinski definition) is 0. The van der Waals surface area contributed by atoms with Gasteiger partial charge in [-0.3, -0.25) is 9.69 Å². The van der Waals surface area contributed by atoms with Crippen molar-refractivity contribution in [2.75, 3.05) is 4.90 Å². The van der Waals surface area contributed by atoms with Gasteiger partial charge in [-0.2, -0.15) is 0 Å². The lowest BCUT2D eigenvalue weighted by molar-refractivity contribution is -0.124. The number of hydrogen-bond acceptors (Lipinski definition) is 2. The Morgan fingerprint density at radius 2 is 2.07 bits per heavy atom. The standard InChI is InChI=1S/C9H7ClN4O/c10-8-7(12-13-11)9(15)14(8)6-4-2-1-3-5-6/h1-5,7-8H/t7-,8-/m0/s1. The maximum absolute atomic E-state index is 11.5. The number of carbonyl (C=O) groups is 1. The lowest BCUT2D eigenvalue weighted by atomic mass is 10.1. The van der Waals surface area contributed by atoms with Crippen LogP contribution in [-0.2, 0) is 4.79 Å². The van der Waals surface area contributed by atoms with Crippen LogP contribution in [0.2, 0.25) is 0 Å². The molecule has 0 saturated carbocycles. The molecule has 5 nitrogen and oxygen atoms in total. The van der Waals surface area contributed by atoms with Crippen molar-refractivity contribution in [3.63, 3.8) is 0 Å². The van der Waals surface area contributed by atoms with E-state index in [1.807, 2.05) is 18.2 Å². The number of benzene rings is 1. The van der Waals surface area contributed by atoms with Crippen molar-refractivity contribution >= 4 is 23.2 Å². The van der Waals surface area contributed by atoms with Crippen LogP contribution >= 0.6 is 11.6 Å². The van der Waals surface area contributed by atoms with Crippen molar-refractivity contribution in [2.45, 2.75) is 11.5 Å². The van der Waals surface area contributed by atoms with Crippen LogP contribution in [0.25, 0.3) is 10.4 Å². The number of rotatable bonds is 2. The Balaban J connectivity index is 2.22. The third-order valence-electron chi connectivity index (χ3n) is 2.21. The molecule has 15 heavy (non-hydrogen) atoms. The Morgan fingerprint density at radius 1 is 1.40 bits per heavy atom. The summed E-state index contributed by atoms with van der Waals surface area (Å²) in [5.74, 6) is -0.265. The monoisotopic (exact) mass is 222 g/mol. The molecule has 1 aliphatic heterocycles. The average molecular weight is 223 g/mol. The fraction of sp³-hybridized carbons (Fsp3) is 0.222. The first-order valence-electron chi connectivity index (χ1n) is 4.32. The maximum Gasteiger partial charge on any atom is 0.240 e. The van der Waals surface area contributed by atoms with E-state index in [0.717, 1.165) is 0 Å². The van der Waals surface area contributed by atoms with Gasteiger partial charge in [-0.25, -0.2) is 0 Å². The van der Waals surface area contributed by atoms with E-state index in [0.29, 0.717) is 5.69 Å². The van der Waals surface area contributed by atoms with E-state index >= 15 is 0 Å². The molecule has 1 fully saturated rings. The van der Waals surface area contributed by atoms with Crippen molar-refractivity contribution in [1.82, 2.24) is 0 Å². The molecule has 1 amide bonds. The molecule has 2 atom stereocenters. The zero-order valence-electron chi connectivity index (χ0n) is 7.62. The number of halogens is 1. The molecule has 1 heterocycles. The Bertz CT molecular complexity index is 429. The van der Waals surface area contributed by atoms with Gasteiger partial charge in [0.05, 0.1) is 0 Å². The first-order chi connectivity index (χ1) is 7.25. The predicted octanol–water partition coefficient (Wildman–Crippen LogP) is 2.28. The molecule has 0 aromatic heterocycles. The van der Waals surface area contributed by atoms with Crippen LogP contribution in [0.4, 0.5) is 5.69 Å². The summed E-state index contributed by atoms with van der Waals surface area (Å²) in [6.07, 6.45) is 0. The number of para-hydroxylation sites is 1. The molecule has 6 heteroatoms. The lowest BCUT2D eigenvalue weighted by Gasteiger charge is -2.41. The smallest absolute Gasteiger partial charge is 0.240 e. The van der Waals surface area contributed by atoms with Gasteiger partial charge in [0.25, 0.3) is 0 Å². The normalized spacial score (nSPS) is 24.3. The number of carbonyl (C=O) groups excluding carboxylic acids is 1. The van der Waals surface area contributed by atoms with Crippen LogP contribution in [0.1, 0.15) is 0 Å². The fourth-order valence-corrected chi connectivity index (χ4v) is 1.83. The molecule has 76 valence electrons. The second kappa shape index (κ2) is 3.81. The number of nitrogens with zero attached hydrogens (tertiary/aromatic N) is 4. The SMILES string of the molecule is [N-]=[N+]=N[C@@H]1C(=O)N(c2ccccc2)[C@@H]1Cl. The van der Waals surface area contributed by atoms with Crippen LogP contribution in [-0.4, -0.2) is 17.5 Å². The topological polar surface area (TPSA) is 69.1 Å². The van der Waals surface area contributed by atoms with Crippen molar-refractivity contribution in [1.29, 1.82) is 0 Å². The van der Waals surface area contributed by atoms with E-state index in [1.165, 1.54) is 4.90 Å². The molecule has 0 spiro atoms. The first kappa shape index (κ1) is 9.83. The molecular weight excluding hydrogens is 216 g/mol. The fourth-order valence-electron chi connectivity index (χ4n) is 1.46. The molecule has 0 unspecified atom stereocenters. The van der Waals surface area contributed by atoms with E-state index in [-0.39, 0.29) is 5.91 Å². The Labute approximate surface area is 90.9 Å². The van der Waals surface area contributed by atoms with Gasteiger partial charge in [0.1, 0.15) is 5.50 Å². The van der Waals surface area contributed by atoms with Crippen LogP contribution in [0.3, 0.4) is 0 Å². The van der Waals surface area contributed by atoms with Gasteiger partial charge in [-0.05, 0) is 17.7 Å². The van der Waals surface area contributed by atoms with E-state index < -0.39 is 11.5 Å². The highest BCUT2D eigenvalue weighted by Gasteiger charge is 2.46. The zero-order chi connectivity index (χ0) is 10.8. The summed E-state index contributed by atoms with van der Waals surface area (Å²) >= 11 is 5.93. The largest absolute Gasteiger partial charge is 0.294 e. The second-order valence-corrected chi connectivity index (χ2v) is 3.51.